The molecule has 0 radical (unpaired) electrons. The standard InChI is InChI=1S/C25H23N5O6/c1-34-21-4-2-3-5-22(21)35-17-24(31)28-12-14-29(15-13-28)25-20(16-26)27-23(36-25)11-8-18-6-9-19(10-7-18)30(32)33/h2-11H,12-15,17H2,1H3/b11-8+. The molecule has 3 aromatic rings. The Balaban J connectivity index is 1.35. The number of anilines is 1. The first-order valence-electron chi connectivity index (χ1n) is 11.1. The van der Waals surface area contributed by atoms with Crippen molar-refractivity contribution >= 4 is 29.6 Å². The number of piperazine rings is 1. The average Bonchev–Trinajstić information content (AvgIpc) is 3.34. The number of nitro groups is 1. The number of amides is 1. The Morgan fingerprint density at radius 1 is 1.14 bits per heavy atom. The zero-order valence-electron chi connectivity index (χ0n) is 19.5. The zero-order chi connectivity index (χ0) is 25.5. The highest BCUT2D eigenvalue weighted by Gasteiger charge is 2.26. The summed E-state index contributed by atoms with van der Waals surface area (Å²) in [6.07, 6.45) is 3.29. The minimum absolute atomic E-state index is 0.00121. The predicted molar refractivity (Wildman–Crippen MR) is 131 cm³/mol. The summed E-state index contributed by atoms with van der Waals surface area (Å²) in [5.41, 5.74) is 0.875. The second-order valence-corrected chi connectivity index (χ2v) is 7.81. The Morgan fingerprint density at radius 2 is 1.83 bits per heavy atom. The van der Waals surface area contributed by atoms with E-state index in [0.29, 0.717) is 43.6 Å². The van der Waals surface area contributed by atoms with Crippen LogP contribution in [0.1, 0.15) is 17.1 Å². The van der Waals surface area contributed by atoms with Crippen LogP contribution >= 0.6 is 0 Å². The van der Waals surface area contributed by atoms with Crippen molar-refractivity contribution in [1.29, 1.82) is 5.26 Å². The lowest BCUT2D eigenvalue weighted by molar-refractivity contribution is -0.384. The molecule has 184 valence electrons. The first kappa shape index (κ1) is 24.3. The topological polar surface area (TPSA) is 135 Å². The molecule has 0 saturated carbocycles. The third-order valence-electron chi connectivity index (χ3n) is 5.59. The Morgan fingerprint density at radius 3 is 2.47 bits per heavy atom. The van der Waals surface area contributed by atoms with Crippen LogP contribution in [0.2, 0.25) is 0 Å². The fraction of sp³-hybridized carbons (Fsp3) is 0.240. The van der Waals surface area contributed by atoms with E-state index in [1.165, 1.54) is 12.1 Å². The van der Waals surface area contributed by atoms with Crippen molar-refractivity contribution in [1.82, 2.24) is 9.88 Å². The molecular formula is C25H23N5O6. The normalized spacial score (nSPS) is 13.4. The molecule has 1 aliphatic heterocycles. The molecule has 11 heteroatoms. The number of para-hydroxylation sites is 2. The summed E-state index contributed by atoms with van der Waals surface area (Å²) in [5, 5.41) is 20.3. The zero-order valence-corrected chi connectivity index (χ0v) is 19.5. The van der Waals surface area contributed by atoms with Gasteiger partial charge in [0.15, 0.2) is 18.1 Å². The maximum atomic E-state index is 12.6. The molecule has 0 N–H and O–H groups in total. The number of hydrogen-bond acceptors (Lipinski definition) is 9. The van der Waals surface area contributed by atoms with Gasteiger partial charge in [-0.25, -0.2) is 0 Å². The van der Waals surface area contributed by atoms with Crippen molar-refractivity contribution in [2.24, 2.45) is 0 Å². The van der Waals surface area contributed by atoms with Crippen molar-refractivity contribution in [2.45, 2.75) is 0 Å². The second kappa shape index (κ2) is 11.1. The van der Waals surface area contributed by atoms with E-state index in [2.05, 4.69) is 4.98 Å². The number of nitro benzene ring substituents is 1. The van der Waals surface area contributed by atoms with Crippen LogP contribution in [0.5, 0.6) is 11.5 Å². The van der Waals surface area contributed by atoms with Gasteiger partial charge in [0.1, 0.15) is 6.07 Å². The van der Waals surface area contributed by atoms with Crippen LogP contribution in [0.15, 0.2) is 52.9 Å². The summed E-state index contributed by atoms with van der Waals surface area (Å²) >= 11 is 0. The van der Waals surface area contributed by atoms with Gasteiger partial charge in [-0.1, -0.05) is 12.1 Å². The van der Waals surface area contributed by atoms with Gasteiger partial charge >= 0.3 is 0 Å². The Bertz CT molecular complexity index is 1300. The summed E-state index contributed by atoms with van der Waals surface area (Å²) < 4.78 is 16.7. The number of aromatic nitrogens is 1. The smallest absolute Gasteiger partial charge is 0.269 e. The molecule has 2 heterocycles. The number of rotatable bonds is 8. The van der Waals surface area contributed by atoms with Gasteiger partial charge < -0.3 is 23.7 Å². The average molecular weight is 489 g/mol. The lowest BCUT2D eigenvalue weighted by atomic mass is 10.2. The molecular weight excluding hydrogens is 466 g/mol. The highest BCUT2D eigenvalue weighted by Crippen LogP contribution is 2.27. The Hall–Kier alpha value is -4.85. The van der Waals surface area contributed by atoms with Gasteiger partial charge in [0.05, 0.1) is 12.0 Å². The van der Waals surface area contributed by atoms with Crippen LogP contribution in [-0.2, 0) is 4.79 Å². The number of ether oxygens (including phenoxy) is 2. The van der Waals surface area contributed by atoms with E-state index in [9.17, 15) is 20.2 Å². The van der Waals surface area contributed by atoms with E-state index in [-0.39, 0.29) is 29.8 Å². The predicted octanol–water partition coefficient (Wildman–Crippen LogP) is 3.36. The van der Waals surface area contributed by atoms with Crippen molar-refractivity contribution in [3.63, 3.8) is 0 Å². The lowest BCUT2D eigenvalue weighted by Gasteiger charge is -2.34. The fourth-order valence-corrected chi connectivity index (χ4v) is 3.69. The van der Waals surface area contributed by atoms with Crippen LogP contribution in [0.3, 0.4) is 0 Å². The van der Waals surface area contributed by atoms with Gasteiger partial charge in [0.25, 0.3) is 11.6 Å². The Labute approximate surface area is 206 Å². The van der Waals surface area contributed by atoms with Crippen molar-refractivity contribution in [3.05, 3.63) is 75.8 Å². The monoisotopic (exact) mass is 489 g/mol. The number of nitriles is 1. The van der Waals surface area contributed by atoms with E-state index in [4.69, 9.17) is 13.9 Å². The Kier molecular flexibility index (Phi) is 7.45. The van der Waals surface area contributed by atoms with Gasteiger partial charge in [-0.05, 0) is 35.9 Å². The molecule has 0 unspecified atom stereocenters. The van der Waals surface area contributed by atoms with E-state index in [1.54, 1.807) is 54.5 Å². The number of oxazole rings is 1. The minimum atomic E-state index is -0.464. The molecule has 0 spiro atoms. The van der Waals surface area contributed by atoms with Crippen LogP contribution in [0.4, 0.5) is 11.6 Å². The maximum Gasteiger partial charge on any atom is 0.269 e. The summed E-state index contributed by atoms with van der Waals surface area (Å²) in [6, 6.07) is 15.2. The van der Waals surface area contributed by atoms with E-state index < -0.39 is 4.92 Å². The van der Waals surface area contributed by atoms with Crippen LogP contribution in [-0.4, -0.2) is 60.6 Å². The molecule has 1 aromatic heterocycles. The molecule has 36 heavy (non-hydrogen) atoms. The minimum Gasteiger partial charge on any atom is -0.493 e. The van der Waals surface area contributed by atoms with Gasteiger partial charge in [-0.2, -0.15) is 10.2 Å². The second-order valence-electron chi connectivity index (χ2n) is 7.81. The van der Waals surface area contributed by atoms with Gasteiger partial charge in [0, 0.05) is 44.4 Å². The molecule has 0 bridgehead atoms. The largest absolute Gasteiger partial charge is 0.493 e. The molecule has 1 saturated heterocycles. The third-order valence-corrected chi connectivity index (χ3v) is 5.59. The first-order chi connectivity index (χ1) is 17.5. The van der Waals surface area contributed by atoms with E-state index in [0.717, 1.165) is 5.56 Å². The quantitative estimate of drug-likeness (QED) is 0.345. The summed E-state index contributed by atoms with van der Waals surface area (Å²) in [5.74, 6) is 1.50. The number of nitrogens with zero attached hydrogens (tertiary/aromatic N) is 5. The first-order valence-corrected chi connectivity index (χ1v) is 11.1. The van der Waals surface area contributed by atoms with Gasteiger partial charge in [-0.15, -0.1) is 0 Å². The third kappa shape index (κ3) is 5.61. The number of benzene rings is 2. The van der Waals surface area contributed by atoms with Crippen molar-refractivity contribution in [3.8, 4) is 17.6 Å². The summed E-state index contributed by atoms with van der Waals surface area (Å²) in [6.45, 7) is 1.70. The molecule has 0 atom stereocenters. The van der Waals surface area contributed by atoms with Gasteiger partial charge in [-0.3, -0.25) is 14.9 Å². The molecule has 4 rings (SSSR count). The summed E-state index contributed by atoms with van der Waals surface area (Å²) in [4.78, 5) is 30.7. The molecule has 0 aliphatic carbocycles. The van der Waals surface area contributed by atoms with Crippen LogP contribution in [0, 0.1) is 21.4 Å². The number of hydrogen-bond donors (Lipinski definition) is 0. The fourth-order valence-electron chi connectivity index (χ4n) is 3.69. The number of carbonyl (C=O) groups is 1. The van der Waals surface area contributed by atoms with Crippen LogP contribution in [0.25, 0.3) is 12.2 Å². The SMILES string of the molecule is COc1ccccc1OCC(=O)N1CCN(c2oc(/C=C/c3ccc([N+](=O)[O-])cc3)nc2C#N)CC1. The van der Waals surface area contributed by atoms with Crippen molar-refractivity contribution in [2.75, 3.05) is 44.8 Å². The molecule has 1 amide bonds. The molecule has 1 fully saturated rings. The lowest BCUT2D eigenvalue weighted by Crippen LogP contribution is -2.50. The van der Waals surface area contributed by atoms with E-state index >= 15 is 0 Å². The molecule has 2 aromatic carbocycles. The van der Waals surface area contributed by atoms with E-state index in [1.807, 2.05) is 17.0 Å². The highest BCUT2D eigenvalue weighted by molar-refractivity contribution is 5.78. The maximum absolute atomic E-state index is 12.6. The number of carbonyl (C=O) groups excluding carboxylic acids is 1. The number of methoxy groups -OCH3 is 1. The van der Waals surface area contributed by atoms with Crippen molar-refractivity contribution < 1.29 is 23.6 Å². The molecule has 1 aliphatic rings. The molecule has 11 nitrogen and oxygen atoms in total. The number of non-ortho nitro benzene ring substituents is 1. The highest BCUT2D eigenvalue weighted by atomic mass is 16.6. The van der Waals surface area contributed by atoms with Gasteiger partial charge in [0.2, 0.25) is 17.5 Å². The van der Waals surface area contributed by atoms with Crippen LogP contribution < -0.4 is 14.4 Å². The summed E-state index contributed by atoms with van der Waals surface area (Å²) in [7, 11) is 1.54.